The quantitative estimate of drug-likeness (QED) is 0.153. The number of H-pyrrole nitrogens is 1. The topological polar surface area (TPSA) is 139 Å². The average molecular weight is 581 g/mol. The fourth-order valence-corrected chi connectivity index (χ4v) is 4.05. The number of nitrogens with zero attached hydrogens (tertiary/aromatic N) is 2. The minimum Gasteiger partial charge on any atom is -0.489 e. The van der Waals surface area contributed by atoms with Crippen LogP contribution in [0.25, 0.3) is 10.9 Å². The Morgan fingerprint density at radius 1 is 0.976 bits per heavy atom. The molecular weight excluding hydrogens is 548 g/mol. The van der Waals surface area contributed by atoms with E-state index in [2.05, 4.69) is 31.1 Å². The van der Waals surface area contributed by atoms with E-state index in [0.717, 1.165) is 5.69 Å². The lowest BCUT2D eigenvalue weighted by Gasteiger charge is -2.15. The molecule has 4 aromatic rings. The number of anilines is 3. The van der Waals surface area contributed by atoms with Crippen LogP contribution in [0.5, 0.6) is 17.2 Å². The number of ether oxygens (including phenoxy) is 3. The normalized spacial score (nSPS) is 11.3. The highest BCUT2D eigenvalue weighted by atomic mass is 35.5. The number of nitrogens with one attached hydrogen (secondary N) is 4. The molecule has 0 saturated carbocycles. The maximum atomic E-state index is 12.5. The number of aromatic nitrogens is 3. The van der Waals surface area contributed by atoms with Crippen LogP contribution < -0.4 is 25.4 Å². The second-order valence-corrected chi connectivity index (χ2v) is 10.5. The number of fused-ring (bicyclic) bond motifs is 1. The van der Waals surface area contributed by atoms with Gasteiger partial charge in [0.15, 0.2) is 0 Å². The molecule has 0 bridgehead atoms. The third-order valence-corrected chi connectivity index (χ3v) is 6.13. The number of urea groups is 1. The van der Waals surface area contributed by atoms with E-state index in [4.69, 9.17) is 25.8 Å². The molecule has 0 aliphatic carbocycles. The molecule has 0 fully saturated rings. The Hall–Kier alpha value is -4.35. The van der Waals surface area contributed by atoms with Crippen molar-refractivity contribution in [1.29, 1.82) is 0 Å². The van der Waals surface area contributed by atoms with E-state index < -0.39 is 6.03 Å². The van der Waals surface area contributed by atoms with Gasteiger partial charge in [0.25, 0.3) is 0 Å². The summed E-state index contributed by atoms with van der Waals surface area (Å²) in [5.74, 6) is 1.63. The average Bonchev–Trinajstić information content (AvgIpc) is 3.37. The fraction of sp³-hybridized carbons (Fsp3) is 0.310. The summed E-state index contributed by atoms with van der Waals surface area (Å²) in [5.41, 5.74) is 2.16. The molecule has 2 aromatic heterocycles. The zero-order valence-corrected chi connectivity index (χ0v) is 24.3. The zero-order chi connectivity index (χ0) is 29.6. The number of amides is 3. The van der Waals surface area contributed by atoms with Crippen LogP contribution in [0.2, 0.25) is 5.02 Å². The molecule has 4 N–H and O–H groups in total. The summed E-state index contributed by atoms with van der Waals surface area (Å²) in [6, 6.07) is 11.4. The van der Waals surface area contributed by atoms with Gasteiger partial charge >= 0.3 is 6.03 Å². The molecular formula is C29H33ClN6O5. The molecule has 0 aliphatic rings. The van der Waals surface area contributed by atoms with Crippen LogP contribution in [0.1, 0.15) is 40.3 Å². The van der Waals surface area contributed by atoms with Crippen molar-refractivity contribution in [3.8, 4) is 17.2 Å². The van der Waals surface area contributed by atoms with Gasteiger partial charge in [-0.15, -0.1) is 0 Å². The molecule has 0 atom stereocenters. The summed E-state index contributed by atoms with van der Waals surface area (Å²) >= 11 is 6.47. The van der Waals surface area contributed by atoms with Crippen LogP contribution in [0.15, 0.2) is 48.7 Å². The van der Waals surface area contributed by atoms with Crippen LogP contribution in [0.4, 0.5) is 22.0 Å². The summed E-state index contributed by atoms with van der Waals surface area (Å²) in [5, 5.41) is 16.2. The molecule has 4 rings (SSSR count). The van der Waals surface area contributed by atoms with E-state index in [9.17, 15) is 9.59 Å². The van der Waals surface area contributed by atoms with Gasteiger partial charge in [-0.2, -0.15) is 5.10 Å². The van der Waals surface area contributed by atoms with E-state index in [0.29, 0.717) is 65.2 Å². The van der Waals surface area contributed by atoms with Crippen LogP contribution in [0.3, 0.4) is 0 Å². The molecule has 41 heavy (non-hydrogen) atoms. The lowest BCUT2D eigenvalue weighted by Crippen LogP contribution is -2.19. The van der Waals surface area contributed by atoms with Crippen LogP contribution in [-0.4, -0.2) is 46.9 Å². The first kappa shape index (κ1) is 29.6. The molecule has 0 aliphatic heterocycles. The van der Waals surface area contributed by atoms with Crippen molar-refractivity contribution in [2.45, 2.75) is 40.0 Å². The first-order valence-corrected chi connectivity index (χ1v) is 13.4. The summed E-state index contributed by atoms with van der Waals surface area (Å²) in [7, 11) is 0. The van der Waals surface area contributed by atoms with Gasteiger partial charge in [-0.3, -0.25) is 20.2 Å². The molecule has 216 valence electrons. The molecule has 3 amide bonds. The van der Waals surface area contributed by atoms with Crippen molar-refractivity contribution in [3.63, 3.8) is 0 Å². The molecule has 0 radical (unpaired) electrons. The van der Waals surface area contributed by atoms with Crippen molar-refractivity contribution in [1.82, 2.24) is 15.2 Å². The van der Waals surface area contributed by atoms with E-state index in [1.165, 1.54) is 6.92 Å². The molecule has 12 heteroatoms. The SMILES string of the molecule is CCOCCOc1cc2nccc(Oc3ccc(NC(=O)Nc4cc(C(C)(C)C)n[nH]4)c(Cl)c3)c2cc1NC(C)=O. The minimum absolute atomic E-state index is 0.155. The standard InChI is InChI=1S/C29H33ClN6O5/c1-6-39-11-12-40-25-15-22-19(14-23(25)32-17(2)37)24(9-10-31-22)41-18-7-8-21(20(30)13-18)33-28(38)34-27-16-26(35-36-27)29(3,4)5/h7-10,13-16H,6,11-12H2,1-5H3,(H,32,37)(H3,33,34,35,36,38). The van der Waals surface area contributed by atoms with Crippen LogP contribution in [0, 0.1) is 0 Å². The van der Waals surface area contributed by atoms with Crippen molar-refractivity contribution in [3.05, 3.63) is 59.4 Å². The number of carbonyl (C=O) groups excluding carboxylic acids is 2. The Morgan fingerprint density at radius 3 is 2.46 bits per heavy atom. The highest BCUT2D eigenvalue weighted by Gasteiger charge is 2.18. The summed E-state index contributed by atoms with van der Waals surface area (Å²) in [6.45, 7) is 10.7. The summed E-state index contributed by atoms with van der Waals surface area (Å²) < 4.78 is 17.3. The van der Waals surface area contributed by atoms with E-state index in [1.54, 1.807) is 48.7 Å². The molecule has 11 nitrogen and oxygen atoms in total. The van der Waals surface area contributed by atoms with E-state index >= 15 is 0 Å². The maximum Gasteiger partial charge on any atom is 0.324 e. The van der Waals surface area contributed by atoms with Crippen molar-refractivity contribution in [2.75, 3.05) is 35.8 Å². The zero-order valence-electron chi connectivity index (χ0n) is 23.6. The Balaban J connectivity index is 1.50. The van der Waals surface area contributed by atoms with E-state index in [-0.39, 0.29) is 16.3 Å². The number of benzene rings is 2. The first-order valence-electron chi connectivity index (χ1n) is 13.1. The lowest BCUT2D eigenvalue weighted by molar-refractivity contribution is -0.114. The number of rotatable bonds is 10. The Bertz CT molecular complexity index is 1550. The number of pyridine rings is 1. The van der Waals surface area contributed by atoms with Crippen molar-refractivity contribution >= 4 is 51.6 Å². The van der Waals surface area contributed by atoms with Gasteiger partial charge < -0.3 is 24.8 Å². The van der Waals surface area contributed by atoms with Gasteiger partial charge in [0.2, 0.25) is 5.91 Å². The van der Waals surface area contributed by atoms with Gasteiger partial charge in [0, 0.05) is 48.7 Å². The molecule has 2 heterocycles. The molecule has 0 spiro atoms. The van der Waals surface area contributed by atoms with Crippen LogP contribution in [-0.2, 0) is 14.9 Å². The Labute approximate surface area is 242 Å². The first-order chi connectivity index (χ1) is 19.5. The van der Waals surface area contributed by atoms with Crippen LogP contribution >= 0.6 is 11.6 Å². The predicted molar refractivity (Wildman–Crippen MR) is 159 cm³/mol. The fourth-order valence-electron chi connectivity index (χ4n) is 3.83. The van der Waals surface area contributed by atoms with Gasteiger partial charge in [0.05, 0.1) is 34.2 Å². The molecule has 0 saturated heterocycles. The smallest absolute Gasteiger partial charge is 0.324 e. The summed E-state index contributed by atoms with van der Waals surface area (Å²) in [4.78, 5) is 28.8. The molecule has 0 unspecified atom stereocenters. The monoisotopic (exact) mass is 580 g/mol. The molecule has 2 aromatic carbocycles. The number of halogens is 1. The third kappa shape index (κ3) is 7.86. The number of aromatic amines is 1. The predicted octanol–water partition coefficient (Wildman–Crippen LogP) is 6.72. The maximum absolute atomic E-state index is 12.5. The highest BCUT2D eigenvalue weighted by Crippen LogP contribution is 2.37. The minimum atomic E-state index is -0.477. The Kier molecular flexibility index (Phi) is 9.31. The Morgan fingerprint density at radius 2 is 1.78 bits per heavy atom. The van der Waals surface area contributed by atoms with Crippen molar-refractivity contribution in [2.24, 2.45) is 0 Å². The lowest BCUT2D eigenvalue weighted by atomic mass is 9.92. The van der Waals surface area contributed by atoms with Crippen molar-refractivity contribution < 1.29 is 23.8 Å². The number of hydrogen-bond acceptors (Lipinski definition) is 7. The van der Waals surface area contributed by atoms with Gasteiger partial charge in [-0.25, -0.2) is 4.79 Å². The van der Waals surface area contributed by atoms with E-state index in [1.807, 2.05) is 27.7 Å². The highest BCUT2D eigenvalue weighted by molar-refractivity contribution is 6.34. The van der Waals surface area contributed by atoms with Gasteiger partial charge in [0.1, 0.15) is 29.7 Å². The summed E-state index contributed by atoms with van der Waals surface area (Å²) in [6.07, 6.45) is 1.61. The number of carbonyl (C=O) groups is 2. The second-order valence-electron chi connectivity index (χ2n) is 10.1. The third-order valence-electron chi connectivity index (χ3n) is 5.81. The van der Waals surface area contributed by atoms with Gasteiger partial charge in [-0.1, -0.05) is 32.4 Å². The largest absolute Gasteiger partial charge is 0.489 e. The van der Waals surface area contributed by atoms with Gasteiger partial charge in [-0.05, 0) is 31.2 Å². The second kappa shape index (κ2) is 12.9. The number of hydrogen-bond donors (Lipinski definition) is 4.